The SMILES string of the molecule is COc1ccc(C(=O)Cc2nnc3c4ccccc4cnn3c2=O)cc1OC. The smallest absolute Gasteiger partial charge is 0.296 e. The van der Waals surface area contributed by atoms with E-state index in [0.717, 1.165) is 10.8 Å². The van der Waals surface area contributed by atoms with E-state index in [-0.39, 0.29) is 17.9 Å². The van der Waals surface area contributed by atoms with E-state index in [9.17, 15) is 9.59 Å². The molecule has 2 aromatic carbocycles. The van der Waals surface area contributed by atoms with Crippen molar-refractivity contribution >= 4 is 22.2 Å². The predicted octanol–water partition coefficient (Wildman–Crippen LogP) is 2.08. The van der Waals surface area contributed by atoms with Crippen molar-refractivity contribution in [1.29, 1.82) is 0 Å². The molecule has 0 saturated heterocycles. The van der Waals surface area contributed by atoms with Crippen LogP contribution in [0.1, 0.15) is 16.1 Å². The molecule has 0 fully saturated rings. The summed E-state index contributed by atoms with van der Waals surface area (Å²) in [7, 11) is 3.00. The van der Waals surface area contributed by atoms with Crippen LogP contribution in [0.3, 0.4) is 0 Å². The number of rotatable bonds is 5. The second-order valence-electron chi connectivity index (χ2n) is 6.09. The van der Waals surface area contributed by atoms with E-state index in [2.05, 4.69) is 15.3 Å². The van der Waals surface area contributed by atoms with Crippen LogP contribution in [0.25, 0.3) is 16.4 Å². The van der Waals surface area contributed by atoms with E-state index in [1.54, 1.807) is 24.4 Å². The Labute approximate surface area is 159 Å². The fourth-order valence-corrected chi connectivity index (χ4v) is 2.99. The van der Waals surface area contributed by atoms with Crippen LogP contribution in [0.5, 0.6) is 11.5 Å². The lowest BCUT2D eigenvalue weighted by Gasteiger charge is -2.09. The monoisotopic (exact) mass is 376 g/mol. The first-order valence-electron chi connectivity index (χ1n) is 8.50. The molecule has 0 aliphatic rings. The highest BCUT2D eigenvalue weighted by Gasteiger charge is 2.17. The minimum atomic E-state index is -0.468. The third kappa shape index (κ3) is 2.94. The lowest BCUT2D eigenvalue weighted by atomic mass is 10.1. The number of carbonyl (C=O) groups is 1. The normalized spacial score (nSPS) is 10.9. The zero-order valence-corrected chi connectivity index (χ0v) is 15.2. The molecule has 0 amide bonds. The van der Waals surface area contributed by atoms with Crippen molar-refractivity contribution < 1.29 is 14.3 Å². The molecule has 8 nitrogen and oxygen atoms in total. The van der Waals surface area contributed by atoms with Gasteiger partial charge in [0, 0.05) is 16.3 Å². The minimum Gasteiger partial charge on any atom is -0.493 e. The molecular formula is C20H16N4O4. The van der Waals surface area contributed by atoms with Gasteiger partial charge in [0.2, 0.25) is 0 Å². The molecule has 0 aliphatic carbocycles. The van der Waals surface area contributed by atoms with Gasteiger partial charge in [-0.25, -0.2) is 0 Å². The molecule has 0 atom stereocenters. The lowest BCUT2D eigenvalue weighted by Crippen LogP contribution is -2.25. The van der Waals surface area contributed by atoms with Crippen molar-refractivity contribution in [3.8, 4) is 11.5 Å². The van der Waals surface area contributed by atoms with Crippen molar-refractivity contribution in [2.45, 2.75) is 6.42 Å². The number of ether oxygens (including phenoxy) is 2. The molecule has 0 saturated carbocycles. The van der Waals surface area contributed by atoms with E-state index < -0.39 is 5.56 Å². The number of Topliss-reactive ketones (excluding diaryl/α,β-unsaturated/α-hetero) is 1. The van der Waals surface area contributed by atoms with Gasteiger partial charge >= 0.3 is 0 Å². The van der Waals surface area contributed by atoms with Gasteiger partial charge in [0.05, 0.1) is 26.8 Å². The van der Waals surface area contributed by atoms with E-state index in [1.165, 1.54) is 18.7 Å². The second-order valence-corrected chi connectivity index (χ2v) is 6.09. The van der Waals surface area contributed by atoms with Crippen LogP contribution < -0.4 is 15.0 Å². The molecule has 0 spiro atoms. The molecule has 4 aromatic rings. The third-order valence-corrected chi connectivity index (χ3v) is 4.45. The maximum Gasteiger partial charge on any atom is 0.296 e. The zero-order valence-electron chi connectivity index (χ0n) is 15.2. The van der Waals surface area contributed by atoms with Crippen molar-refractivity contribution in [3.63, 3.8) is 0 Å². The summed E-state index contributed by atoms with van der Waals surface area (Å²) < 4.78 is 11.6. The number of fused-ring (bicyclic) bond motifs is 3. The number of methoxy groups -OCH3 is 2. The van der Waals surface area contributed by atoms with Crippen LogP contribution in [-0.2, 0) is 6.42 Å². The van der Waals surface area contributed by atoms with Crippen LogP contribution in [0, 0.1) is 0 Å². The topological polar surface area (TPSA) is 95.7 Å². The van der Waals surface area contributed by atoms with Gasteiger partial charge in [0.1, 0.15) is 5.69 Å². The first-order valence-corrected chi connectivity index (χ1v) is 8.50. The van der Waals surface area contributed by atoms with Crippen molar-refractivity contribution in [2.24, 2.45) is 0 Å². The summed E-state index contributed by atoms with van der Waals surface area (Å²) in [6, 6.07) is 12.3. The van der Waals surface area contributed by atoms with Gasteiger partial charge in [0.15, 0.2) is 22.9 Å². The van der Waals surface area contributed by atoms with Gasteiger partial charge in [-0.2, -0.15) is 9.61 Å². The largest absolute Gasteiger partial charge is 0.493 e. The number of benzene rings is 2. The minimum absolute atomic E-state index is 0.0278. The van der Waals surface area contributed by atoms with E-state index in [0.29, 0.717) is 22.7 Å². The van der Waals surface area contributed by atoms with E-state index in [1.807, 2.05) is 24.3 Å². The second kappa shape index (κ2) is 7.07. The zero-order chi connectivity index (χ0) is 19.7. The molecule has 28 heavy (non-hydrogen) atoms. The quantitative estimate of drug-likeness (QED) is 0.389. The molecule has 0 N–H and O–H groups in total. The number of hydrogen-bond donors (Lipinski definition) is 0. The summed E-state index contributed by atoms with van der Waals surface area (Å²) in [5.74, 6) is 0.664. The van der Waals surface area contributed by atoms with Crippen LogP contribution >= 0.6 is 0 Å². The lowest BCUT2D eigenvalue weighted by molar-refractivity contribution is 0.0990. The molecule has 2 aromatic heterocycles. The maximum absolute atomic E-state index is 12.8. The molecule has 0 radical (unpaired) electrons. The van der Waals surface area contributed by atoms with Crippen LogP contribution in [-0.4, -0.2) is 39.8 Å². The fourth-order valence-electron chi connectivity index (χ4n) is 2.99. The molecule has 0 aliphatic heterocycles. The first kappa shape index (κ1) is 17.6. The average molecular weight is 376 g/mol. The highest BCUT2D eigenvalue weighted by atomic mass is 16.5. The Kier molecular flexibility index (Phi) is 4.44. The molecule has 2 heterocycles. The third-order valence-electron chi connectivity index (χ3n) is 4.45. The number of ketones is 1. The maximum atomic E-state index is 12.8. The number of nitrogens with zero attached hydrogens (tertiary/aromatic N) is 4. The summed E-state index contributed by atoms with van der Waals surface area (Å²) in [5.41, 5.74) is 0.297. The average Bonchev–Trinajstić information content (AvgIpc) is 2.74. The van der Waals surface area contributed by atoms with Crippen molar-refractivity contribution in [3.05, 3.63) is 70.3 Å². The highest BCUT2D eigenvalue weighted by Crippen LogP contribution is 2.28. The van der Waals surface area contributed by atoms with Gasteiger partial charge in [-0.1, -0.05) is 24.3 Å². The molecule has 140 valence electrons. The number of hydrogen-bond acceptors (Lipinski definition) is 7. The van der Waals surface area contributed by atoms with Gasteiger partial charge < -0.3 is 9.47 Å². The summed E-state index contributed by atoms with van der Waals surface area (Å²) >= 11 is 0. The summed E-state index contributed by atoms with van der Waals surface area (Å²) in [6.07, 6.45) is 1.39. The Morgan fingerprint density at radius 3 is 2.61 bits per heavy atom. The van der Waals surface area contributed by atoms with Crippen LogP contribution in [0.2, 0.25) is 0 Å². The Hall–Kier alpha value is -3.81. The first-order chi connectivity index (χ1) is 13.6. The molecule has 0 bridgehead atoms. The van der Waals surface area contributed by atoms with E-state index >= 15 is 0 Å². The Morgan fingerprint density at radius 2 is 1.82 bits per heavy atom. The molecular weight excluding hydrogens is 360 g/mol. The van der Waals surface area contributed by atoms with Gasteiger partial charge in [-0.15, -0.1) is 10.2 Å². The Bertz CT molecular complexity index is 1270. The van der Waals surface area contributed by atoms with Gasteiger partial charge in [0.25, 0.3) is 5.56 Å². The van der Waals surface area contributed by atoms with Crippen LogP contribution in [0.4, 0.5) is 0 Å². The van der Waals surface area contributed by atoms with Crippen molar-refractivity contribution in [1.82, 2.24) is 19.8 Å². The van der Waals surface area contributed by atoms with Crippen molar-refractivity contribution in [2.75, 3.05) is 14.2 Å². The summed E-state index contributed by atoms with van der Waals surface area (Å²) in [4.78, 5) is 25.4. The highest BCUT2D eigenvalue weighted by molar-refractivity contribution is 5.98. The number of aromatic nitrogens is 4. The number of carbonyl (C=O) groups excluding carboxylic acids is 1. The molecule has 0 unspecified atom stereocenters. The molecule has 4 rings (SSSR count). The summed E-state index contributed by atoms with van der Waals surface area (Å²) in [6.45, 7) is 0. The standard InChI is InChI=1S/C20H16N4O4/c1-27-17-8-7-12(9-18(17)28-2)16(25)10-15-20(26)24-19(23-22-15)14-6-4-3-5-13(14)11-21-24/h3-9,11H,10H2,1-2H3. The van der Waals surface area contributed by atoms with Crippen LogP contribution in [0.15, 0.2) is 53.5 Å². The van der Waals surface area contributed by atoms with E-state index in [4.69, 9.17) is 9.47 Å². The molecule has 8 heteroatoms. The summed E-state index contributed by atoms with van der Waals surface area (Å²) in [5, 5.41) is 13.9. The Morgan fingerprint density at radius 1 is 1.04 bits per heavy atom. The Balaban J connectivity index is 1.72. The predicted molar refractivity (Wildman–Crippen MR) is 102 cm³/mol. The van der Waals surface area contributed by atoms with Gasteiger partial charge in [-0.05, 0) is 18.2 Å². The van der Waals surface area contributed by atoms with Gasteiger partial charge in [-0.3, -0.25) is 9.59 Å². The fraction of sp³-hybridized carbons (Fsp3) is 0.150.